The molecule has 0 aliphatic heterocycles. The summed E-state index contributed by atoms with van der Waals surface area (Å²) in [6.45, 7) is 0. The minimum Gasteiger partial charge on any atom is -0.321 e. The van der Waals surface area contributed by atoms with Crippen LogP contribution in [0.2, 0.25) is 5.02 Å². The monoisotopic (exact) mass is 361 g/mol. The van der Waals surface area contributed by atoms with Crippen LogP contribution in [0.15, 0.2) is 66.7 Å². The number of ketones is 2. The van der Waals surface area contributed by atoms with Crippen LogP contribution in [0, 0.1) is 0 Å². The van der Waals surface area contributed by atoms with Gasteiger partial charge in [-0.05, 0) is 30.3 Å². The van der Waals surface area contributed by atoms with Gasteiger partial charge in [-0.15, -0.1) is 0 Å². The van der Waals surface area contributed by atoms with Crippen LogP contribution in [0.4, 0.5) is 5.69 Å². The van der Waals surface area contributed by atoms with Crippen LogP contribution in [0.1, 0.15) is 42.2 Å². The number of hydrogen-bond acceptors (Lipinski definition) is 3. The number of carbonyl (C=O) groups is 3. The lowest BCUT2D eigenvalue weighted by Crippen LogP contribution is -2.23. The second-order valence-electron chi connectivity index (χ2n) is 5.89. The molecule has 26 heavy (non-hydrogen) atoms. The smallest absolute Gasteiger partial charge is 0.255 e. The van der Waals surface area contributed by atoms with Crippen molar-refractivity contribution in [3.8, 4) is 0 Å². The molecule has 1 N–H and O–H groups in total. The molecule has 1 aliphatic carbocycles. The molecule has 126 valence electrons. The molecule has 3 aromatic rings. The number of amides is 1. The number of rotatable bonds is 2. The number of fused-ring (bicyclic) bond motifs is 2. The van der Waals surface area contributed by atoms with E-state index in [9.17, 15) is 14.4 Å². The number of anilines is 1. The highest BCUT2D eigenvalue weighted by Crippen LogP contribution is 2.32. The Labute approximate surface area is 154 Å². The number of hydrogen-bond donors (Lipinski definition) is 1. The van der Waals surface area contributed by atoms with Crippen LogP contribution in [0.3, 0.4) is 0 Å². The lowest BCUT2D eigenvalue weighted by molar-refractivity contribution is 0.0978. The fourth-order valence-electron chi connectivity index (χ4n) is 3.04. The lowest BCUT2D eigenvalue weighted by atomic mass is 9.83. The molecule has 5 heteroatoms. The van der Waals surface area contributed by atoms with Crippen molar-refractivity contribution in [1.29, 1.82) is 0 Å². The molecular formula is C21H12ClNO3. The summed E-state index contributed by atoms with van der Waals surface area (Å²) in [5, 5.41) is 3.26. The molecule has 3 aromatic carbocycles. The van der Waals surface area contributed by atoms with Crippen LogP contribution >= 0.6 is 11.6 Å². The van der Waals surface area contributed by atoms with Crippen LogP contribution in [0.25, 0.3) is 0 Å². The summed E-state index contributed by atoms with van der Waals surface area (Å²) in [5.74, 6) is -0.880. The second kappa shape index (κ2) is 6.24. The first-order valence-corrected chi connectivity index (χ1v) is 8.32. The van der Waals surface area contributed by atoms with Crippen molar-refractivity contribution in [3.63, 3.8) is 0 Å². The van der Waals surface area contributed by atoms with E-state index in [0.29, 0.717) is 33.0 Å². The fourth-order valence-corrected chi connectivity index (χ4v) is 3.17. The normalized spacial score (nSPS) is 12.3. The molecule has 4 rings (SSSR count). The van der Waals surface area contributed by atoms with E-state index < -0.39 is 0 Å². The van der Waals surface area contributed by atoms with Gasteiger partial charge in [-0.2, -0.15) is 0 Å². The molecular weight excluding hydrogens is 350 g/mol. The number of benzene rings is 3. The minimum atomic E-state index is -0.380. The third-order valence-corrected chi connectivity index (χ3v) is 4.56. The summed E-state index contributed by atoms with van der Waals surface area (Å²) < 4.78 is 0. The molecule has 0 saturated heterocycles. The molecule has 0 bridgehead atoms. The van der Waals surface area contributed by atoms with E-state index in [4.69, 9.17) is 11.6 Å². The minimum absolute atomic E-state index is 0.221. The van der Waals surface area contributed by atoms with Gasteiger partial charge >= 0.3 is 0 Å². The molecule has 4 nitrogen and oxygen atoms in total. The van der Waals surface area contributed by atoms with Gasteiger partial charge in [0.25, 0.3) is 5.91 Å². The van der Waals surface area contributed by atoms with Crippen molar-refractivity contribution >= 4 is 34.8 Å². The maximum absolute atomic E-state index is 12.9. The van der Waals surface area contributed by atoms with Gasteiger partial charge in [-0.1, -0.05) is 48.0 Å². The number of carbonyl (C=O) groups excluding carboxylic acids is 3. The predicted octanol–water partition coefficient (Wildman–Crippen LogP) is 4.37. The Morgan fingerprint density at radius 2 is 1.35 bits per heavy atom. The Bertz CT molecular complexity index is 1070. The summed E-state index contributed by atoms with van der Waals surface area (Å²) in [7, 11) is 0. The van der Waals surface area contributed by atoms with Gasteiger partial charge < -0.3 is 5.32 Å². The summed E-state index contributed by atoms with van der Waals surface area (Å²) in [6, 6.07) is 18.0. The van der Waals surface area contributed by atoms with E-state index in [0.717, 1.165) is 0 Å². The van der Waals surface area contributed by atoms with Crippen molar-refractivity contribution in [3.05, 3.63) is 99.6 Å². The Morgan fingerprint density at radius 1 is 0.731 bits per heavy atom. The maximum atomic E-state index is 12.9. The van der Waals surface area contributed by atoms with Crippen LogP contribution in [-0.2, 0) is 0 Å². The number of halogens is 1. The van der Waals surface area contributed by atoms with Crippen LogP contribution in [0.5, 0.6) is 0 Å². The fraction of sp³-hybridized carbons (Fsp3) is 0. The topological polar surface area (TPSA) is 63.2 Å². The zero-order chi connectivity index (χ0) is 18.3. The largest absolute Gasteiger partial charge is 0.321 e. The highest BCUT2D eigenvalue weighted by atomic mass is 35.5. The van der Waals surface area contributed by atoms with Gasteiger partial charge in [0.05, 0.1) is 11.3 Å². The first kappa shape index (κ1) is 16.2. The van der Waals surface area contributed by atoms with Gasteiger partial charge in [-0.25, -0.2) is 0 Å². The van der Waals surface area contributed by atoms with Gasteiger partial charge in [0.1, 0.15) is 0 Å². The molecule has 0 heterocycles. The quantitative estimate of drug-likeness (QED) is 0.576. The Kier molecular flexibility index (Phi) is 3.90. The second-order valence-corrected chi connectivity index (χ2v) is 6.33. The van der Waals surface area contributed by atoms with E-state index in [1.165, 1.54) is 0 Å². The van der Waals surface area contributed by atoms with E-state index in [1.54, 1.807) is 66.7 Å². The lowest BCUT2D eigenvalue weighted by Gasteiger charge is -2.20. The first-order chi connectivity index (χ1) is 12.6. The third-order valence-electron chi connectivity index (χ3n) is 4.31. The molecule has 1 aliphatic rings. The zero-order valence-electron chi connectivity index (χ0n) is 13.5. The molecule has 0 unspecified atom stereocenters. The van der Waals surface area contributed by atoms with Crippen LogP contribution < -0.4 is 5.32 Å². The van der Waals surface area contributed by atoms with Gasteiger partial charge in [-0.3, -0.25) is 14.4 Å². The predicted molar refractivity (Wildman–Crippen MR) is 99.2 cm³/mol. The average Bonchev–Trinajstić information content (AvgIpc) is 2.66. The van der Waals surface area contributed by atoms with Crippen molar-refractivity contribution in [2.75, 3.05) is 5.32 Å². The molecule has 0 aromatic heterocycles. The first-order valence-electron chi connectivity index (χ1n) is 7.94. The van der Waals surface area contributed by atoms with E-state index in [-0.39, 0.29) is 23.0 Å². The van der Waals surface area contributed by atoms with Crippen molar-refractivity contribution in [2.24, 2.45) is 0 Å². The molecule has 0 radical (unpaired) electrons. The Hall–Kier alpha value is -3.24. The van der Waals surface area contributed by atoms with Crippen LogP contribution in [-0.4, -0.2) is 17.5 Å². The zero-order valence-corrected chi connectivity index (χ0v) is 14.2. The van der Waals surface area contributed by atoms with E-state index in [2.05, 4.69) is 5.32 Å². The summed E-state index contributed by atoms with van der Waals surface area (Å²) in [6.07, 6.45) is 0. The molecule has 0 fully saturated rings. The SMILES string of the molecule is O=C(Nc1cccc2c1C(=O)c1ccccc1C2=O)c1ccc(Cl)cc1. The Balaban J connectivity index is 1.76. The van der Waals surface area contributed by atoms with Gasteiger partial charge in [0.15, 0.2) is 11.6 Å². The standard InChI is InChI=1S/C21H12ClNO3/c22-13-10-8-12(9-11-13)21(26)23-17-7-3-6-16-18(17)20(25)15-5-2-1-4-14(15)19(16)24/h1-11H,(H,23,26). The Morgan fingerprint density at radius 3 is 2.04 bits per heavy atom. The van der Waals surface area contributed by atoms with Gasteiger partial charge in [0, 0.05) is 27.3 Å². The van der Waals surface area contributed by atoms with E-state index in [1.807, 2.05) is 0 Å². The molecule has 0 saturated carbocycles. The number of nitrogens with one attached hydrogen (secondary N) is 1. The third kappa shape index (κ3) is 2.61. The van der Waals surface area contributed by atoms with Crippen molar-refractivity contribution < 1.29 is 14.4 Å². The van der Waals surface area contributed by atoms with Crippen molar-refractivity contribution in [2.45, 2.75) is 0 Å². The highest BCUT2D eigenvalue weighted by Gasteiger charge is 2.31. The average molecular weight is 362 g/mol. The molecule has 0 spiro atoms. The van der Waals surface area contributed by atoms with Crippen molar-refractivity contribution in [1.82, 2.24) is 0 Å². The molecule has 0 atom stereocenters. The molecule has 1 amide bonds. The van der Waals surface area contributed by atoms with E-state index >= 15 is 0 Å². The summed E-state index contributed by atoms with van der Waals surface area (Å²) in [5.41, 5.74) is 1.96. The van der Waals surface area contributed by atoms with Gasteiger partial charge in [0.2, 0.25) is 0 Å². The summed E-state index contributed by atoms with van der Waals surface area (Å²) >= 11 is 5.84. The maximum Gasteiger partial charge on any atom is 0.255 e. The highest BCUT2D eigenvalue weighted by molar-refractivity contribution is 6.31. The summed E-state index contributed by atoms with van der Waals surface area (Å²) in [4.78, 5) is 38.1.